The molecule has 0 aliphatic carbocycles. The molecule has 3 aromatic rings. The molecule has 3 rings (SSSR count). The zero-order valence-corrected chi connectivity index (χ0v) is 16.5. The molecule has 0 aliphatic rings. The van der Waals surface area contributed by atoms with Gasteiger partial charge in [-0.05, 0) is 36.2 Å². The first kappa shape index (κ1) is 20.7. The molecular formula is C22H20N4O4. The largest absolute Gasteiger partial charge is 0.325 e. The van der Waals surface area contributed by atoms with Crippen LogP contribution in [0, 0.1) is 17.0 Å². The van der Waals surface area contributed by atoms with Crippen LogP contribution in [0.25, 0.3) is 10.8 Å². The first-order valence-corrected chi connectivity index (χ1v) is 9.21. The number of amides is 2. The lowest BCUT2D eigenvalue weighted by molar-refractivity contribution is -0.384. The van der Waals surface area contributed by atoms with E-state index < -0.39 is 4.92 Å². The summed E-state index contributed by atoms with van der Waals surface area (Å²) in [4.78, 5) is 35.2. The minimum atomic E-state index is -0.523. The first-order valence-electron chi connectivity index (χ1n) is 9.21. The Bertz CT molecular complexity index is 1170. The van der Waals surface area contributed by atoms with E-state index in [2.05, 4.69) is 15.8 Å². The number of hydrogen-bond donors (Lipinski definition) is 2. The van der Waals surface area contributed by atoms with Gasteiger partial charge in [0, 0.05) is 23.4 Å². The summed E-state index contributed by atoms with van der Waals surface area (Å²) >= 11 is 0. The summed E-state index contributed by atoms with van der Waals surface area (Å²) in [6.07, 6.45) is -0.0715. The average molecular weight is 404 g/mol. The number of nitro groups is 1. The number of carbonyl (C=O) groups is 2. The van der Waals surface area contributed by atoms with E-state index in [1.807, 2.05) is 30.3 Å². The Morgan fingerprint density at radius 2 is 1.80 bits per heavy atom. The van der Waals surface area contributed by atoms with E-state index in [0.717, 1.165) is 10.8 Å². The fourth-order valence-electron chi connectivity index (χ4n) is 2.95. The molecule has 152 valence electrons. The van der Waals surface area contributed by atoms with Crippen molar-refractivity contribution in [3.05, 3.63) is 81.9 Å². The second kappa shape index (κ2) is 8.95. The zero-order valence-electron chi connectivity index (χ0n) is 16.5. The van der Waals surface area contributed by atoms with Crippen molar-refractivity contribution in [2.24, 2.45) is 5.10 Å². The highest BCUT2D eigenvalue weighted by atomic mass is 16.6. The number of hydrogen-bond acceptors (Lipinski definition) is 5. The second-order valence-corrected chi connectivity index (χ2v) is 6.80. The molecule has 0 saturated carbocycles. The number of nitrogens with zero attached hydrogens (tertiary/aromatic N) is 2. The third-order valence-electron chi connectivity index (χ3n) is 4.51. The third kappa shape index (κ3) is 4.85. The number of hydrazone groups is 1. The van der Waals surface area contributed by atoms with Gasteiger partial charge in [-0.15, -0.1) is 0 Å². The maximum absolute atomic E-state index is 12.5. The minimum absolute atomic E-state index is 0.0715. The Hall–Kier alpha value is -4.07. The van der Waals surface area contributed by atoms with E-state index in [1.165, 1.54) is 12.1 Å². The molecule has 8 nitrogen and oxygen atoms in total. The Morgan fingerprint density at radius 1 is 1.07 bits per heavy atom. The second-order valence-electron chi connectivity index (χ2n) is 6.80. The van der Waals surface area contributed by atoms with Crippen LogP contribution in [-0.2, 0) is 4.79 Å². The first-order chi connectivity index (χ1) is 14.3. The van der Waals surface area contributed by atoms with Crippen molar-refractivity contribution in [1.29, 1.82) is 0 Å². The smallest absolute Gasteiger partial charge is 0.271 e. The molecule has 0 aliphatic heterocycles. The normalized spacial score (nSPS) is 11.2. The highest BCUT2D eigenvalue weighted by Gasteiger charge is 2.13. The molecule has 0 spiro atoms. The Balaban J connectivity index is 1.65. The van der Waals surface area contributed by atoms with Gasteiger partial charge in [-0.25, -0.2) is 5.43 Å². The quantitative estimate of drug-likeness (QED) is 0.364. The van der Waals surface area contributed by atoms with Crippen LogP contribution >= 0.6 is 0 Å². The summed E-state index contributed by atoms with van der Waals surface area (Å²) < 4.78 is 0. The van der Waals surface area contributed by atoms with Crippen molar-refractivity contribution in [3.8, 4) is 0 Å². The van der Waals surface area contributed by atoms with Gasteiger partial charge in [-0.1, -0.05) is 42.5 Å². The molecule has 3 aromatic carbocycles. The van der Waals surface area contributed by atoms with Gasteiger partial charge in [0.2, 0.25) is 5.91 Å². The van der Waals surface area contributed by atoms with Gasteiger partial charge in [0.05, 0.1) is 17.0 Å². The molecule has 8 heteroatoms. The van der Waals surface area contributed by atoms with Crippen LogP contribution in [-0.4, -0.2) is 22.4 Å². The number of carbonyl (C=O) groups excluding carboxylic acids is 2. The lowest BCUT2D eigenvalue weighted by atomic mass is 10.0. The molecule has 0 unspecified atom stereocenters. The summed E-state index contributed by atoms with van der Waals surface area (Å²) in [7, 11) is 0. The summed E-state index contributed by atoms with van der Waals surface area (Å²) in [6, 6.07) is 17.2. The molecule has 0 atom stereocenters. The molecule has 2 N–H and O–H groups in total. The lowest BCUT2D eigenvalue weighted by Gasteiger charge is -2.09. The fourth-order valence-corrected chi connectivity index (χ4v) is 2.95. The molecule has 0 radical (unpaired) electrons. The van der Waals surface area contributed by atoms with Crippen LogP contribution in [0.15, 0.2) is 65.8 Å². The van der Waals surface area contributed by atoms with Crippen molar-refractivity contribution in [3.63, 3.8) is 0 Å². The van der Waals surface area contributed by atoms with Gasteiger partial charge in [0.15, 0.2) is 0 Å². The number of fused-ring (bicyclic) bond motifs is 1. The molecular weight excluding hydrogens is 384 g/mol. The molecule has 2 amide bonds. The standard InChI is InChI=1S/C22H20N4O4/c1-14-10-11-17(26(29)30)13-20(14)23-21(27)12-15(2)24-25-22(28)19-9-5-7-16-6-3-4-8-18(16)19/h3-11,13H,12H2,1-2H3,(H,23,27)(H,25,28)/b24-15+. The van der Waals surface area contributed by atoms with E-state index in [4.69, 9.17) is 0 Å². The van der Waals surface area contributed by atoms with Gasteiger partial charge in [0.25, 0.3) is 11.6 Å². The number of aryl methyl sites for hydroxylation is 1. The summed E-state index contributed by atoms with van der Waals surface area (Å²) in [5.41, 5.74) is 4.31. The van der Waals surface area contributed by atoms with Gasteiger partial charge in [-0.3, -0.25) is 19.7 Å². The zero-order chi connectivity index (χ0) is 21.7. The van der Waals surface area contributed by atoms with Crippen LogP contribution < -0.4 is 10.7 Å². The predicted molar refractivity (Wildman–Crippen MR) is 116 cm³/mol. The molecule has 0 fully saturated rings. The maximum Gasteiger partial charge on any atom is 0.271 e. The van der Waals surface area contributed by atoms with Crippen molar-refractivity contribution < 1.29 is 14.5 Å². The van der Waals surface area contributed by atoms with Gasteiger partial charge < -0.3 is 5.32 Å². The van der Waals surface area contributed by atoms with Crippen molar-refractivity contribution in [1.82, 2.24) is 5.43 Å². The number of anilines is 1. The van der Waals surface area contributed by atoms with Crippen molar-refractivity contribution >= 4 is 39.7 Å². The Morgan fingerprint density at radius 3 is 2.57 bits per heavy atom. The van der Waals surface area contributed by atoms with Crippen molar-refractivity contribution in [2.75, 3.05) is 5.32 Å². The number of rotatable bonds is 6. The van der Waals surface area contributed by atoms with Crippen LogP contribution in [0.4, 0.5) is 11.4 Å². The highest BCUT2D eigenvalue weighted by Crippen LogP contribution is 2.22. The van der Waals surface area contributed by atoms with Crippen LogP contribution in [0.3, 0.4) is 0 Å². The highest BCUT2D eigenvalue weighted by molar-refractivity contribution is 6.09. The topological polar surface area (TPSA) is 114 Å². The maximum atomic E-state index is 12.5. The predicted octanol–water partition coefficient (Wildman–Crippen LogP) is 4.19. The van der Waals surface area contributed by atoms with Gasteiger partial charge >= 0.3 is 0 Å². The van der Waals surface area contributed by atoms with Crippen LogP contribution in [0.5, 0.6) is 0 Å². The summed E-state index contributed by atoms with van der Waals surface area (Å²) in [5, 5.41) is 19.3. The van der Waals surface area contributed by atoms with E-state index in [-0.39, 0.29) is 23.9 Å². The SMILES string of the molecule is C/C(CC(=O)Nc1cc([N+](=O)[O-])ccc1C)=N\NC(=O)c1cccc2ccccc12. The minimum Gasteiger partial charge on any atom is -0.325 e. The van der Waals surface area contributed by atoms with Crippen molar-refractivity contribution in [2.45, 2.75) is 20.3 Å². The Labute approximate surface area is 172 Å². The molecule has 0 bridgehead atoms. The van der Waals surface area contributed by atoms with E-state index in [1.54, 1.807) is 32.0 Å². The molecule has 0 aromatic heterocycles. The van der Waals surface area contributed by atoms with E-state index in [0.29, 0.717) is 22.5 Å². The van der Waals surface area contributed by atoms with E-state index in [9.17, 15) is 19.7 Å². The third-order valence-corrected chi connectivity index (χ3v) is 4.51. The summed E-state index contributed by atoms with van der Waals surface area (Å²) in [6.45, 7) is 3.36. The number of non-ortho nitro benzene ring substituents is 1. The number of nitrogens with one attached hydrogen (secondary N) is 2. The average Bonchev–Trinajstić information content (AvgIpc) is 2.73. The monoisotopic (exact) mass is 404 g/mol. The molecule has 0 heterocycles. The fraction of sp³-hybridized carbons (Fsp3) is 0.136. The van der Waals surface area contributed by atoms with Gasteiger partial charge in [0.1, 0.15) is 0 Å². The molecule has 0 saturated heterocycles. The molecule has 30 heavy (non-hydrogen) atoms. The van der Waals surface area contributed by atoms with E-state index >= 15 is 0 Å². The lowest BCUT2D eigenvalue weighted by Crippen LogP contribution is -2.22. The van der Waals surface area contributed by atoms with Crippen LogP contribution in [0.1, 0.15) is 29.3 Å². The Kier molecular flexibility index (Phi) is 6.17. The van der Waals surface area contributed by atoms with Crippen LogP contribution in [0.2, 0.25) is 0 Å². The summed E-state index contributed by atoms with van der Waals surface area (Å²) in [5.74, 6) is -0.764. The van der Waals surface area contributed by atoms with Gasteiger partial charge in [-0.2, -0.15) is 5.10 Å². The number of nitro benzene ring substituents is 1. The number of benzene rings is 3.